The number of benzene rings is 2. The van der Waals surface area contributed by atoms with Gasteiger partial charge in [0.1, 0.15) is 17.2 Å². The quantitative estimate of drug-likeness (QED) is 0.271. The Balaban J connectivity index is 1.57. The zero-order chi connectivity index (χ0) is 25.0. The number of aromatic nitrogens is 1. The first-order chi connectivity index (χ1) is 17.0. The third kappa shape index (κ3) is 7.53. The van der Waals surface area contributed by atoms with Crippen LogP contribution in [-0.2, 0) is 9.53 Å². The molecule has 0 aliphatic carbocycles. The lowest BCUT2D eigenvalue weighted by molar-refractivity contribution is -0.115. The molecule has 180 valence electrons. The summed E-state index contributed by atoms with van der Waals surface area (Å²) < 4.78 is 10.2. The van der Waals surface area contributed by atoms with Crippen LogP contribution in [0.1, 0.15) is 10.4 Å². The SMILES string of the molecule is CNC(=O)OCOc1ccccc1/N=N/c1ccc(NC(=O)CNC(=O)c2ccccc2)nc1N. The van der Waals surface area contributed by atoms with Gasteiger partial charge in [0.2, 0.25) is 12.7 Å². The van der Waals surface area contributed by atoms with Gasteiger partial charge < -0.3 is 31.2 Å². The predicted octanol–water partition coefficient (Wildman–Crippen LogP) is 3.14. The second-order valence-electron chi connectivity index (χ2n) is 6.81. The van der Waals surface area contributed by atoms with Crippen LogP contribution in [0, 0.1) is 0 Å². The number of nitrogen functional groups attached to an aromatic ring is 1. The third-order valence-electron chi connectivity index (χ3n) is 4.35. The molecule has 35 heavy (non-hydrogen) atoms. The number of hydrogen-bond donors (Lipinski definition) is 4. The number of nitrogens with one attached hydrogen (secondary N) is 3. The van der Waals surface area contributed by atoms with Crippen molar-refractivity contribution < 1.29 is 23.9 Å². The number of alkyl carbamates (subject to hydrolysis) is 1. The van der Waals surface area contributed by atoms with Crippen LogP contribution in [0.5, 0.6) is 5.75 Å². The monoisotopic (exact) mass is 477 g/mol. The molecule has 1 aromatic heterocycles. The molecule has 0 aliphatic rings. The Morgan fingerprint density at radius 1 is 0.943 bits per heavy atom. The van der Waals surface area contributed by atoms with Gasteiger partial charge in [-0.1, -0.05) is 30.3 Å². The molecule has 1 heterocycles. The summed E-state index contributed by atoms with van der Waals surface area (Å²) in [6.07, 6.45) is -0.631. The number of carbonyl (C=O) groups is 3. The van der Waals surface area contributed by atoms with Crippen molar-refractivity contribution >= 4 is 40.9 Å². The summed E-state index contributed by atoms with van der Waals surface area (Å²) in [6, 6.07) is 18.3. The summed E-state index contributed by atoms with van der Waals surface area (Å²) in [5.74, 6) is -0.279. The van der Waals surface area contributed by atoms with Crippen LogP contribution in [0.15, 0.2) is 77.0 Å². The van der Waals surface area contributed by atoms with Crippen LogP contribution in [0.2, 0.25) is 0 Å². The van der Waals surface area contributed by atoms with Gasteiger partial charge in [-0.15, -0.1) is 10.2 Å². The summed E-state index contributed by atoms with van der Waals surface area (Å²) in [4.78, 5) is 39.4. The first-order valence-corrected chi connectivity index (χ1v) is 10.3. The molecular formula is C23H23N7O5. The van der Waals surface area contributed by atoms with E-state index in [1.165, 1.54) is 19.2 Å². The zero-order valence-corrected chi connectivity index (χ0v) is 18.7. The summed E-state index contributed by atoms with van der Waals surface area (Å²) in [7, 11) is 1.43. The number of hydrogen-bond acceptors (Lipinski definition) is 9. The molecule has 0 atom stereocenters. The number of carbonyl (C=O) groups excluding carboxylic acids is 3. The standard InChI is InChI=1S/C23H23N7O5/c1-25-23(33)35-14-34-18-10-6-5-9-16(18)29-30-17-11-12-19(28-21(17)24)27-20(31)13-26-22(32)15-7-3-2-4-8-15/h2-12H,13-14H2,1H3,(H,25,33)(H,26,32)(H3,24,27,28,31)/b30-29+. The van der Waals surface area contributed by atoms with Crippen molar-refractivity contribution in [2.24, 2.45) is 10.2 Å². The smallest absolute Gasteiger partial charge is 0.409 e. The Morgan fingerprint density at radius 3 is 2.40 bits per heavy atom. The van der Waals surface area contributed by atoms with E-state index in [1.54, 1.807) is 54.6 Å². The van der Waals surface area contributed by atoms with Crippen LogP contribution in [-0.4, -0.2) is 43.3 Å². The number of rotatable bonds is 9. The van der Waals surface area contributed by atoms with E-state index in [9.17, 15) is 14.4 Å². The minimum Gasteiger partial charge on any atom is -0.455 e. The van der Waals surface area contributed by atoms with Crippen molar-refractivity contribution in [2.45, 2.75) is 0 Å². The normalized spacial score (nSPS) is 10.4. The van der Waals surface area contributed by atoms with Gasteiger partial charge in [-0.25, -0.2) is 9.78 Å². The molecule has 12 heteroatoms. The van der Waals surface area contributed by atoms with Crippen LogP contribution < -0.4 is 26.4 Å². The van der Waals surface area contributed by atoms with Crippen LogP contribution in [0.4, 0.5) is 27.8 Å². The molecule has 3 amide bonds. The molecule has 0 aliphatic heterocycles. The second-order valence-corrected chi connectivity index (χ2v) is 6.81. The Morgan fingerprint density at radius 2 is 1.66 bits per heavy atom. The highest BCUT2D eigenvalue weighted by molar-refractivity contribution is 5.99. The molecule has 0 unspecified atom stereocenters. The molecule has 0 spiro atoms. The highest BCUT2D eigenvalue weighted by Crippen LogP contribution is 2.30. The average molecular weight is 477 g/mol. The van der Waals surface area contributed by atoms with Crippen molar-refractivity contribution in [2.75, 3.05) is 31.4 Å². The average Bonchev–Trinajstić information content (AvgIpc) is 2.88. The number of azo groups is 1. The lowest BCUT2D eigenvalue weighted by Crippen LogP contribution is -2.33. The van der Waals surface area contributed by atoms with E-state index >= 15 is 0 Å². The molecule has 0 bridgehead atoms. The molecule has 0 radical (unpaired) electrons. The minimum atomic E-state index is -0.631. The van der Waals surface area contributed by atoms with E-state index in [-0.39, 0.29) is 36.6 Å². The van der Waals surface area contributed by atoms with Gasteiger partial charge >= 0.3 is 6.09 Å². The first-order valence-electron chi connectivity index (χ1n) is 10.3. The number of anilines is 2. The molecule has 0 fully saturated rings. The largest absolute Gasteiger partial charge is 0.455 e. The highest BCUT2D eigenvalue weighted by atomic mass is 16.7. The van der Waals surface area contributed by atoms with Gasteiger partial charge in [0.05, 0.1) is 6.54 Å². The molecule has 12 nitrogen and oxygen atoms in total. The van der Waals surface area contributed by atoms with E-state index in [4.69, 9.17) is 15.2 Å². The van der Waals surface area contributed by atoms with Crippen molar-refractivity contribution in [1.82, 2.24) is 15.6 Å². The second kappa shape index (κ2) is 12.3. The fourth-order valence-corrected chi connectivity index (χ4v) is 2.65. The number of para-hydroxylation sites is 1. The fourth-order valence-electron chi connectivity index (χ4n) is 2.65. The van der Waals surface area contributed by atoms with Crippen molar-refractivity contribution in [3.8, 4) is 5.75 Å². The van der Waals surface area contributed by atoms with Crippen LogP contribution in [0.25, 0.3) is 0 Å². The van der Waals surface area contributed by atoms with E-state index in [1.807, 2.05) is 0 Å². The molecule has 0 saturated carbocycles. The maximum Gasteiger partial charge on any atom is 0.409 e. The Bertz CT molecular complexity index is 1220. The third-order valence-corrected chi connectivity index (χ3v) is 4.35. The summed E-state index contributed by atoms with van der Waals surface area (Å²) >= 11 is 0. The van der Waals surface area contributed by atoms with E-state index < -0.39 is 12.0 Å². The van der Waals surface area contributed by atoms with Gasteiger partial charge in [-0.05, 0) is 36.4 Å². The molecule has 3 aromatic rings. The molecular weight excluding hydrogens is 454 g/mol. The zero-order valence-electron chi connectivity index (χ0n) is 18.7. The number of nitrogens with two attached hydrogens (primary N) is 1. The topological polar surface area (TPSA) is 169 Å². The maximum atomic E-state index is 12.1. The van der Waals surface area contributed by atoms with Crippen LogP contribution in [0.3, 0.4) is 0 Å². The van der Waals surface area contributed by atoms with Crippen molar-refractivity contribution in [1.29, 1.82) is 0 Å². The summed E-state index contributed by atoms with van der Waals surface area (Å²) in [5, 5.41) is 15.6. The Kier molecular flexibility index (Phi) is 8.66. The Hall–Kier alpha value is -5.00. The van der Waals surface area contributed by atoms with E-state index in [2.05, 4.69) is 31.2 Å². The maximum absolute atomic E-state index is 12.1. The lowest BCUT2D eigenvalue weighted by Gasteiger charge is -2.09. The molecule has 3 rings (SSSR count). The number of ether oxygens (including phenoxy) is 2. The predicted molar refractivity (Wildman–Crippen MR) is 128 cm³/mol. The first kappa shape index (κ1) is 24.6. The van der Waals surface area contributed by atoms with Gasteiger partial charge in [-0.2, -0.15) is 0 Å². The number of amides is 3. The molecule has 2 aromatic carbocycles. The minimum absolute atomic E-state index is 0.0289. The number of pyridine rings is 1. The van der Waals surface area contributed by atoms with Crippen molar-refractivity contribution in [3.05, 3.63) is 72.3 Å². The van der Waals surface area contributed by atoms with Crippen molar-refractivity contribution in [3.63, 3.8) is 0 Å². The van der Waals surface area contributed by atoms with Gasteiger partial charge in [-0.3, -0.25) is 9.59 Å². The Labute approximate surface area is 200 Å². The number of nitrogens with zero attached hydrogens (tertiary/aromatic N) is 3. The lowest BCUT2D eigenvalue weighted by atomic mass is 10.2. The highest BCUT2D eigenvalue weighted by Gasteiger charge is 2.10. The van der Waals surface area contributed by atoms with Gasteiger partial charge in [0, 0.05) is 12.6 Å². The van der Waals surface area contributed by atoms with E-state index in [0.717, 1.165) is 0 Å². The van der Waals surface area contributed by atoms with Gasteiger partial charge in [0.25, 0.3) is 5.91 Å². The molecule has 0 saturated heterocycles. The van der Waals surface area contributed by atoms with E-state index in [0.29, 0.717) is 17.0 Å². The van der Waals surface area contributed by atoms with Crippen LogP contribution >= 0.6 is 0 Å². The molecule has 5 N–H and O–H groups in total. The van der Waals surface area contributed by atoms with Gasteiger partial charge in [0.15, 0.2) is 11.6 Å². The fraction of sp³-hybridized carbons (Fsp3) is 0.130. The summed E-state index contributed by atoms with van der Waals surface area (Å²) in [5.41, 5.74) is 7.03. The summed E-state index contributed by atoms with van der Waals surface area (Å²) in [6.45, 7) is -0.548.